The van der Waals surface area contributed by atoms with Crippen molar-refractivity contribution in [1.82, 2.24) is 30.0 Å². The number of hydrogen-bond acceptors (Lipinski definition) is 6. The van der Waals surface area contributed by atoms with Gasteiger partial charge in [0.1, 0.15) is 11.6 Å². The Balaban J connectivity index is 1.51. The average molecular weight is 487 g/mol. The number of H-pyrrole nitrogens is 2. The molecule has 3 aromatic heterocycles. The summed E-state index contributed by atoms with van der Waals surface area (Å²) >= 11 is 6.54. The number of pyridine rings is 1. The fourth-order valence-corrected chi connectivity index (χ4v) is 4.79. The lowest BCUT2D eigenvalue weighted by Gasteiger charge is -2.29. The fourth-order valence-electron chi connectivity index (χ4n) is 4.52. The Kier molecular flexibility index (Phi) is 5.47. The van der Waals surface area contributed by atoms with Gasteiger partial charge in [-0.15, -0.1) is 0 Å². The van der Waals surface area contributed by atoms with Crippen LogP contribution in [-0.4, -0.2) is 56.3 Å². The van der Waals surface area contributed by atoms with Crippen LogP contribution in [0.1, 0.15) is 12.8 Å². The molecule has 5 aromatic rings. The molecule has 0 radical (unpaired) electrons. The van der Waals surface area contributed by atoms with E-state index in [-0.39, 0.29) is 17.4 Å². The first-order valence-corrected chi connectivity index (χ1v) is 11.9. The van der Waals surface area contributed by atoms with Crippen LogP contribution in [0.3, 0.4) is 0 Å². The minimum absolute atomic E-state index is 0.00285. The molecule has 1 fully saturated rings. The zero-order chi connectivity index (χ0) is 23.9. The van der Waals surface area contributed by atoms with Crippen LogP contribution in [0.15, 0.2) is 59.5 Å². The number of fused-ring (bicyclic) bond motifs is 2. The van der Waals surface area contributed by atoms with Gasteiger partial charge in [0.05, 0.1) is 28.1 Å². The molecule has 2 aromatic carbocycles. The molecular weight excluding hydrogens is 464 g/mol. The van der Waals surface area contributed by atoms with Gasteiger partial charge in [-0.25, -0.2) is 9.97 Å². The third-order valence-corrected chi connectivity index (χ3v) is 6.73. The maximum atomic E-state index is 12.8. The summed E-state index contributed by atoms with van der Waals surface area (Å²) in [6, 6.07) is 15.3. The minimum atomic E-state index is -0.305. The first-order chi connectivity index (χ1) is 17.0. The van der Waals surface area contributed by atoms with Crippen molar-refractivity contribution in [2.24, 2.45) is 0 Å². The Bertz CT molecular complexity index is 1590. The van der Waals surface area contributed by atoms with Gasteiger partial charge in [0.25, 0.3) is 5.56 Å². The molecule has 0 spiro atoms. The van der Waals surface area contributed by atoms with E-state index in [1.54, 1.807) is 12.3 Å². The van der Waals surface area contributed by atoms with Crippen molar-refractivity contribution < 1.29 is 4.74 Å². The predicted molar refractivity (Wildman–Crippen MR) is 137 cm³/mol. The number of rotatable bonds is 4. The number of benzene rings is 2. The van der Waals surface area contributed by atoms with E-state index in [9.17, 15) is 4.79 Å². The SMILES string of the molecule is CN1CCC(Oc2cc3nc(-c4cc(Cl)c5[nH]ncc5c4)c(-c4ccccc4)nc3[nH]c2=O)CC1. The monoisotopic (exact) mass is 486 g/mol. The van der Waals surface area contributed by atoms with Crippen LogP contribution in [0.4, 0.5) is 0 Å². The lowest BCUT2D eigenvalue weighted by molar-refractivity contribution is 0.113. The Morgan fingerprint density at radius 3 is 2.60 bits per heavy atom. The third-order valence-electron chi connectivity index (χ3n) is 6.43. The van der Waals surface area contributed by atoms with Crippen LogP contribution in [0.25, 0.3) is 44.6 Å². The number of likely N-dealkylation sites (tertiary alicyclic amines) is 1. The average Bonchev–Trinajstić information content (AvgIpc) is 3.35. The molecule has 9 heteroatoms. The standard InChI is InChI=1S/C26H23ClN6O2/c1-33-9-7-18(8-10-33)35-21-13-20-25(31-26(21)34)30-23(15-5-3-2-4-6-15)24(29-20)16-11-17-14-28-32-22(17)19(27)12-16/h2-6,11-14,18H,7-10H2,1H3,(H,28,32)(H,30,31,34). The summed E-state index contributed by atoms with van der Waals surface area (Å²) < 4.78 is 6.10. The van der Waals surface area contributed by atoms with E-state index in [0.29, 0.717) is 27.6 Å². The summed E-state index contributed by atoms with van der Waals surface area (Å²) in [6.45, 7) is 1.88. The van der Waals surface area contributed by atoms with Crippen LogP contribution < -0.4 is 10.3 Å². The van der Waals surface area contributed by atoms with Gasteiger partial charge in [-0.1, -0.05) is 41.9 Å². The molecule has 0 amide bonds. The summed E-state index contributed by atoms with van der Waals surface area (Å²) in [5, 5.41) is 8.45. The molecular formula is C26H23ClN6O2. The molecule has 35 heavy (non-hydrogen) atoms. The molecule has 0 saturated carbocycles. The second-order valence-electron chi connectivity index (χ2n) is 8.90. The molecule has 0 atom stereocenters. The van der Waals surface area contributed by atoms with E-state index >= 15 is 0 Å². The van der Waals surface area contributed by atoms with Gasteiger partial charge >= 0.3 is 0 Å². The zero-order valence-corrected chi connectivity index (χ0v) is 19.8. The number of halogens is 1. The summed E-state index contributed by atoms with van der Waals surface area (Å²) in [6.07, 6.45) is 3.48. The smallest absolute Gasteiger partial charge is 0.292 e. The van der Waals surface area contributed by atoms with Gasteiger partial charge in [-0.3, -0.25) is 9.89 Å². The van der Waals surface area contributed by atoms with Gasteiger partial charge in [0.15, 0.2) is 11.4 Å². The first-order valence-electron chi connectivity index (χ1n) is 11.5. The van der Waals surface area contributed by atoms with Crippen molar-refractivity contribution in [3.05, 3.63) is 70.1 Å². The van der Waals surface area contributed by atoms with Crippen molar-refractivity contribution in [3.63, 3.8) is 0 Å². The number of piperidine rings is 1. The van der Waals surface area contributed by atoms with Gasteiger partial charge < -0.3 is 14.6 Å². The summed E-state index contributed by atoms with van der Waals surface area (Å²) in [4.78, 5) is 27.8. The highest BCUT2D eigenvalue weighted by Crippen LogP contribution is 2.35. The highest BCUT2D eigenvalue weighted by atomic mass is 35.5. The minimum Gasteiger partial charge on any atom is -0.485 e. The summed E-state index contributed by atoms with van der Waals surface area (Å²) in [7, 11) is 2.09. The molecule has 1 saturated heterocycles. The maximum absolute atomic E-state index is 12.8. The van der Waals surface area contributed by atoms with E-state index < -0.39 is 0 Å². The Hall–Kier alpha value is -3.75. The number of ether oxygens (including phenoxy) is 1. The Morgan fingerprint density at radius 1 is 1.03 bits per heavy atom. The van der Waals surface area contributed by atoms with Crippen molar-refractivity contribution in [1.29, 1.82) is 0 Å². The van der Waals surface area contributed by atoms with Gasteiger partial charge in [-0.05, 0) is 32.0 Å². The lowest BCUT2D eigenvalue weighted by atomic mass is 10.0. The van der Waals surface area contributed by atoms with Crippen molar-refractivity contribution in [2.45, 2.75) is 18.9 Å². The number of nitrogens with zero attached hydrogens (tertiary/aromatic N) is 4. The number of aromatic nitrogens is 5. The van der Waals surface area contributed by atoms with Crippen molar-refractivity contribution in [3.8, 4) is 28.3 Å². The normalized spacial score (nSPS) is 15.1. The quantitative estimate of drug-likeness (QED) is 0.383. The van der Waals surface area contributed by atoms with Crippen LogP contribution in [0, 0.1) is 0 Å². The lowest BCUT2D eigenvalue weighted by Crippen LogP contribution is -2.36. The molecule has 2 N–H and O–H groups in total. The topological polar surface area (TPSA) is 99.8 Å². The van der Waals surface area contributed by atoms with Crippen molar-refractivity contribution in [2.75, 3.05) is 20.1 Å². The molecule has 8 nitrogen and oxygen atoms in total. The Morgan fingerprint density at radius 2 is 1.80 bits per heavy atom. The molecule has 176 valence electrons. The second-order valence-corrected chi connectivity index (χ2v) is 9.30. The molecule has 6 rings (SSSR count). The van der Waals surface area contributed by atoms with Crippen LogP contribution in [-0.2, 0) is 0 Å². The fraction of sp³-hybridized carbons (Fsp3) is 0.231. The van der Waals surface area contributed by atoms with E-state index in [0.717, 1.165) is 48.0 Å². The molecule has 1 aliphatic heterocycles. The number of hydrogen-bond donors (Lipinski definition) is 2. The van der Waals surface area contributed by atoms with E-state index in [4.69, 9.17) is 26.3 Å². The molecule has 1 aliphatic rings. The van der Waals surface area contributed by atoms with E-state index in [1.165, 1.54) is 0 Å². The highest BCUT2D eigenvalue weighted by molar-refractivity contribution is 6.35. The molecule has 0 unspecified atom stereocenters. The van der Waals surface area contributed by atoms with Crippen molar-refractivity contribution >= 4 is 33.7 Å². The van der Waals surface area contributed by atoms with Gasteiger partial charge in [-0.2, -0.15) is 5.10 Å². The van der Waals surface area contributed by atoms with Crippen LogP contribution in [0.5, 0.6) is 5.75 Å². The summed E-state index contributed by atoms with van der Waals surface area (Å²) in [5.74, 6) is 0.267. The highest BCUT2D eigenvalue weighted by Gasteiger charge is 2.21. The Labute approximate surface area is 205 Å². The van der Waals surface area contributed by atoms with E-state index in [2.05, 4.69) is 27.1 Å². The van der Waals surface area contributed by atoms with Gasteiger partial charge in [0.2, 0.25) is 0 Å². The third kappa shape index (κ3) is 4.15. The largest absolute Gasteiger partial charge is 0.485 e. The van der Waals surface area contributed by atoms with E-state index in [1.807, 2.05) is 42.5 Å². The van der Waals surface area contributed by atoms with Crippen LogP contribution in [0.2, 0.25) is 5.02 Å². The number of nitrogens with one attached hydrogen (secondary N) is 2. The molecule has 4 heterocycles. The first kappa shape index (κ1) is 21.8. The maximum Gasteiger partial charge on any atom is 0.292 e. The second kappa shape index (κ2) is 8.79. The van der Waals surface area contributed by atoms with Gasteiger partial charge in [0, 0.05) is 35.7 Å². The molecule has 0 bridgehead atoms. The zero-order valence-electron chi connectivity index (χ0n) is 19.1. The predicted octanol–water partition coefficient (Wildman–Crippen LogP) is 4.65. The number of aromatic amines is 2. The molecule has 0 aliphatic carbocycles. The van der Waals surface area contributed by atoms with Crippen LogP contribution >= 0.6 is 11.6 Å². The summed E-state index contributed by atoms with van der Waals surface area (Å²) in [5.41, 5.74) is 4.41.